The van der Waals surface area contributed by atoms with Gasteiger partial charge in [0, 0.05) is 16.3 Å². The standard InChI is InChI=1S/C33H31ClN2O3/c34-27-16-13-24-14-18-28(35-31(24)21-27)17-12-22-6-5-10-26(20-22)30(36-32(37)25-8-1-2-9-25)19-15-23-7-3-4-11-29(23)33(38)39/h3-7,10-14,16-18,20-21,25,30H,1-2,8-9,15,19H2,(H,36,37)(H,38,39)/b17-12+. The normalized spacial score (nSPS) is 14.6. The molecule has 5 rings (SSSR count). The molecular weight excluding hydrogens is 508 g/mol. The molecule has 1 aliphatic carbocycles. The van der Waals surface area contributed by atoms with Gasteiger partial charge in [0.15, 0.2) is 0 Å². The van der Waals surface area contributed by atoms with Crippen LogP contribution >= 0.6 is 11.6 Å². The fourth-order valence-electron chi connectivity index (χ4n) is 5.31. The van der Waals surface area contributed by atoms with Gasteiger partial charge in [0.1, 0.15) is 0 Å². The zero-order valence-electron chi connectivity index (χ0n) is 21.6. The van der Waals surface area contributed by atoms with Gasteiger partial charge in [-0.25, -0.2) is 9.78 Å². The van der Waals surface area contributed by atoms with Gasteiger partial charge in [0.05, 0.1) is 22.8 Å². The third-order valence-corrected chi connectivity index (χ3v) is 7.66. The second kappa shape index (κ2) is 12.3. The maximum atomic E-state index is 13.1. The minimum atomic E-state index is -0.936. The lowest BCUT2D eigenvalue weighted by molar-refractivity contribution is -0.125. The molecule has 1 fully saturated rings. The van der Waals surface area contributed by atoms with Crippen molar-refractivity contribution in [1.82, 2.24) is 10.3 Å². The molecule has 1 aliphatic rings. The number of hydrogen-bond donors (Lipinski definition) is 2. The first-order chi connectivity index (χ1) is 19.0. The topological polar surface area (TPSA) is 79.3 Å². The van der Waals surface area contributed by atoms with Gasteiger partial charge in [-0.2, -0.15) is 0 Å². The van der Waals surface area contributed by atoms with Crippen molar-refractivity contribution in [2.75, 3.05) is 0 Å². The Morgan fingerprint density at radius 3 is 2.59 bits per heavy atom. The number of rotatable bonds is 9. The summed E-state index contributed by atoms with van der Waals surface area (Å²) in [4.78, 5) is 29.5. The van der Waals surface area contributed by atoms with Crippen LogP contribution < -0.4 is 5.32 Å². The Hall–Kier alpha value is -3.96. The van der Waals surface area contributed by atoms with Crippen molar-refractivity contribution >= 4 is 46.5 Å². The molecule has 39 heavy (non-hydrogen) atoms. The summed E-state index contributed by atoms with van der Waals surface area (Å²) >= 11 is 6.14. The number of aromatic nitrogens is 1. The van der Waals surface area contributed by atoms with E-state index in [1.54, 1.807) is 12.1 Å². The highest BCUT2D eigenvalue weighted by Crippen LogP contribution is 2.28. The van der Waals surface area contributed by atoms with Gasteiger partial charge in [0.2, 0.25) is 5.91 Å². The SMILES string of the molecule is O=C(O)c1ccccc1CCC(NC(=O)C1CCCC1)c1cccc(/C=C/c2ccc3ccc(Cl)cc3n2)c1. The minimum absolute atomic E-state index is 0.0503. The number of carboxylic acids is 1. The molecule has 0 radical (unpaired) electrons. The molecule has 6 heteroatoms. The average molecular weight is 539 g/mol. The van der Waals surface area contributed by atoms with Crippen LogP contribution in [0.1, 0.15) is 70.9 Å². The third-order valence-electron chi connectivity index (χ3n) is 7.43. The minimum Gasteiger partial charge on any atom is -0.478 e. The Morgan fingerprint density at radius 1 is 0.974 bits per heavy atom. The molecular formula is C33H31ClN2O3. The first kappa shape index (κ1) is 26.6. The predicted octanol–water partition coefficient (Wildman–Crippen LogP) is 7.74. The Kier molecular flexibility index (Phi) is 8.38. The van der Waals surface area contributed by atoms with E-state index >= 15 is 0 Å². The van der Waals surface area contributed by atoms with Gasteiger partial charge in [-0.05, 0) is 78.8 Å². The van der Waals surface area contributed by atoms with Crippen LogP contribution in [0.3, 0.4) is 0 Å². The molecule has 0 aliphatic heterocycles. The van der Waals surface area contributed by atoms with Crippen LogP contribution in [0.5, 0.6) is 0 Å². The number of aromatic carboxylic acids is 1. The van der Waals surface area contributed by atoms with Gasteiger partial charge >= 0.3 is 5.97 Å². The highest BCUT2D eigenvalue weighted by atomic mass is 35.5. The number of halogens is 1. The zero-order valence-corrected chi connectivity index (χ0v) is 22.4. The van der Waals surface area contributed by atoms with Gasteiger partial charge in [-0.1, -0.05) is 79.0 Å². The van der Waals surface area contributed by atoms with E-state index in [2.05, 4.69) is 11.4 Å². The summed E-state index contributed by atoms with van der Waals surface area (Å²) in [6.45, 7) is 0. The number of nitrogens with one attached hydrogen (secondary N) is 1. The molecule has 0 spiro atoms. The quantitative estimate of drug-likeness (QED) is 0.228. The van der Waals surface area contributed by atoms with Crippen molar-refractivity contribution in [2.24, 2.45) is 5.92 Å². The average Bonchev–Trinajstić information content (AvgIpc) is 3.49. The number of hydrogen-bond acceptors (Lipinski definition) is 3. The molecule has 0 bridgehead atoms. The first-order valence-corrected chi connectivity index (χ1v) is 13.8. The van der Waals surface area contributed by atoms with Crippen LogP contribution in [-0.4, -0.2) is 22.0 Å². The van der Waals surface area contributed by atoms with Crippen molar-refractivity contribution in [2.45, 2.75) is 44.6 Å². The molecule has 3 aromatic carbocycles. The second-order valence-corrected chi connectivity index (χ2v) is 10.6. The lowest BCUT2D eigenvalue weighted by Gasteiger charge is -2.22. The van der Waals surface area contributed by atoms with Crippen molar-refractivity contribution in [3.8, 4) is 0 Å². The van der Waals surface area contributed by atoms with Crippen LogP contribution in [0.2, 0.25) is 5.02 Å². The summed E-state index contributed by atoms with van der Waals surface area (Å²) in [5.41, 5.74) is 4.73. The maximum absolute atomic E-state index is 13.1. The predicted molar refractivity (Wildman–Crippen MR) is 157 cm³/mol. The Bertz CT molecular complexity index is 1520. The Balaban J connectivity index is 1.38. The molecule has 198 valence electrons. The summed E-state index contributed by atoms with van der Waals surface area (Å²) in [7, 11) is 0. The highest BCUT2D eigenvalue weighted by Gasteiger charge is 2.25. The molecule has 1 atom stereocenters. The summed E-state index contributed by atoms with van der Waals surface area (Å²) in [5.74, 6) is -0.799. The molecule has 5 nitrogen and oxygen atoms in total. The van der Waals surface area contributed by atoms with E-state index in [0.717, 1.165) is 59.0 Å². The summed E-state index contributed by atoms with van der Waals surface area (Å²) in [6.07, 6.45) is 9.14. The van der Waals surface area contributed by atoms with Crippen LogP contribution in [0, 0.1) is 5.92 Å². The number of carbonyl (C=O) groups is 2. The van der Waals surface area contributed by atoms with Gasteiger partial charge in [-0.3, -0.25) is 4.79 Å². The van der Waals surface area contributed by atoms with Crippen molar-refractivity contribution in [3.05, 3.63) is 112 Å². The number of amides is 1. The molecule has 2 N–H and O–H groups in total. The third kappa shape index (κ3) is 6.73. The van der Waals surface area contributed by atoms with Crippen molar-refractivity contribution in [3.63, 3.8) is 0 Å². The summed E-state index contributed by atoms with van der Waals surface area (Å²) < 4.78 is 0. The molecule has 1 unspecified atom stereocenters. The lowest BCUT2D eigenvalue weighted by atomic mass is 9.94. The highest BCUT2D eigenvalue weighted by molar-refractivity contribution is 6.31. The maximum Gasteiger partial charge on any atom is 0.335 e. The summed E-state index contributed by atoms with van der Waals surface area (Å²) in [6, 6.07) is 24.6. The van der Waals surface area contributed by atoms with Gasteiger partial charge in [0.25, 0.3) is 0 Å². The molecule has 1 aromatic heterocycles. The number of carbonyl (C=O) groups excluding carboxylic acids is 1. The van der Waals surface area contributed by atoms with Crippen molar-refractivity contribution in [1.29, 1.82) is 0 Å². The number of fused-ring (bicyclic) bond motifs is 1. The summed E-state index contributed by atoms with van der Waals surface area (Å²) in [5, 5.41) is 14.6. The van der Waals surface area contributed by atoms with E-state index in [0.29, 0.717) is 23.4 Å². The number of pyridine rings is 1. The molecule has 1 heterocycles. The number of benzene rings is 3. The fraction of sp³-hybridized carbons (Fsp3) is 0.242. The first-order valence-electron chi connectivity index (χ1n) is 13.4. The van der Waals surface area contributed by atoms with E-state index in [1.807, 2.05) is 72.8 Å². The molecule has 1 saturated carbocycles. The van der Waals surface area contributed by atoms with Gasteiger partial charge < -0.3 is 10.4 Å². The molecule has 0 saturated heterocycles. The fourth-order valence-corrected chi connectivity index (χ4v) is 5.47. The van der Waals surface area contributed by atoms with E-state index in [-0.39, 0.29) is 17.9 Å². The van der Waals surface area contributed by atoms with E-state index in [4.69, 9.17) is 16.6 Å². The smallest absolute Gasteiger partial charge is 0.335 e. The van der Waals surface area contributed by atoms with E-state index < -0.39 is 5.97 Å². The monoisotopic (exact) mass is 538 g/mol. The number of carboxylic acid groups (broad SMARTS) is 1. The van der Waals surface area contributed by atoms with E-state index in [9.17, 15) is 14.7 Å². The van der Waals surface area contributed by atoms with Crippen LogP contribution in [0.4, 0.5) is 0 Å². The number of nitrogens with zero attached hydrogens (tertiary/aromatic N) is 1. The number of aryl methyl sites for hydroxylation is 1. The second-order valence-electron chi connectivity index (χ2n) is 10.1. The largest absolute Gasteiger partial charge is 0.478 e. The molecule has 4 aromatic rings. The van der Waals surface area contributed by atoms with Gasteiger partial charge in [-0.15, -0.1) is 0 Å². The van der Waals surface area contributed by atoms with Crippen LogP contribution in [0.25, 0.3) is 23.1 Å². The van der Waals surface area contributed by atoms with E-state index in [1.165, 1.54) is 0 Å². The molecule has 1 amide bonds. The van der Waals surface area contributed by atoms with Crippen LogP contribution in [0.15, 0.2) is 78.9 Å². The lowest BCUT2D eigenvalue weighted by Crippen LogP contribution is -2.33. The zero-order chi connectivity index (χ0) is 27.2. The van der Waals surface area contributed by atoms with Crippen LogP contribution in [-0.2, 0) is 11.2 Å². The Morgan fingerprint density at radius 2 is 1.77 bits per heavy atom. The van der Waals surface area contributed by atoms with Crippen molar-refractivity contribution < 1.29 is 14.7 Å². The Labute approximate surface area is 233 Å².